The average molecular weight is 289 g/mol. The highest BCUT2D eigenvalue weighted by Crippen LogP contribution is 2.27. The van der Waals surface area contributed by atoms with Gasteiger partial charge in [0.25, 0.3) is 0 Å². The van der Waals surface area contributed by atoms with E-state index in [0.29, 0.717) is 5.52 Å². The lowest BCUT2D eigenvalue weighted by Gasteiger charge is -2.01. The summed E-state index contributed by atoms with van der Waals surface area (Å²) in [4.78, 5) is 15.6. The molecule has 5 nitrogen and oxygen atoms in total. The molecule has 0 atom stereocenters. The Hall–Kier alpha value is -3.21. The molecule has 0 radical (unpaired) electrons. The number of rotatable bonds is 2. The Morgan fingerprint density at radius 2 is 1.91 bits per heavy atom. The molecule has 4 rings (SSSR count). The number of fused-ring (bicyclic) bond motifs is 2. The Bertz CT molecular complexity index is 1020. The van der Waals surface area contributed by atoms with Crippen LogP contribution in [0.3, 0.4) is 0 Å². The quantitative estimate of drug-likeness (QED) is 0.592. The van der Waals surface area contributed by atoms with Crippen LogP contribution in [0.2, 0.25) is 0 Å². The second kappa shape index (κ2) is 4.66. The predicted octanol–water partition coefficient (Wildman–Crippen LogP) is 3.48. The third kappa shape index (κ3) is 1.91. The largest absolute Gasteiger partial charge is 0.478 e. The summed E-state index contributed by atoms with van der Waals surface area (Å²) in [7, 11) is 0. The summed E-state index contributed by atoms with van der Waals surface area (Å²) in [6.07, 6.45) is 0. The van der Waals surface area contributed by atoms with Gasteiger partial charge in [0.15, 0.2) is 0 Å². The normalized spacial score (nSPS) is 11.1. The van der Waals surface area contributed by atoms with E-state index in [4.69, 9.17) is 5.11 Å². The average Bonchev–Trinajstić information content (AvgIpc) is 2.97. The molecule has 2 heterocycles. The third-order valence-corrected chi connectivity index (χ3v) is 3.65. The SMILES string of the molecule is O=C(O)c1ccc2c(-c3ccc4ccccc4n3)n[nH]c2c1. The van der Waals surface area contributed by atoms with E-state index in [1.54, 1.807) is 18.2 Å². The lowest BCUT2D eigenvalue weighted by atomic mass is 10.1. The van der Waals surface area contributed by atoms with Crippen molar-refractivity contribution < 1.29 is 9.90 Å². The minimum atomic E-state index is -0.957. The Kier molecular flexibility index (Phi) is 2.66. The van der Waals surface area contributed by atoms with E-state index in [-0.39, 0.29) is 5.56 Å². The fourth-order valence-corrected chi connectivity index (χ4v) is 2.55. The first-order chi connectivity index (χ1) is 10.7. The van der Waals surface area contributed by atoms with E-state index in [0.717, 1.165) is 27.7 Å². The Balaban J connectivity index is 1.90. The lowest BCUT2D eigenvalue weighted by molar-refractivity contribution is 0.0697. The van der Waals surface area contributed by atoms with E-state index in [1.807, 2.05) is 36.4 Å². The van der Waals surface area contributed by atoms with Crippen molar-refractivity contribution in [3.05, 3.63) is 60.2 Å². The van der Waals surface area contributed by atoms with E-state index < -0.39 is 5.97 Å². The van der Waals surface area contributed by atoms with Gasteiger partial charge in [-0.15, -0.1) is 0 Å². The maximum atomic E-state index is 11.0. The molecule has 0 bridgehead atoms. The number of aromatic nitrogens is 3. The van der Waals surface area contributed by atoms with E-state index in [1.165, 1.54) is 0 Å². The lowest BCUT2D eigenvalue weighted by Crippen LogP contribution is -1.94. The molecule has 0 unspecified atom stereocenters. The zero-order valence-corrected chi connectivity index (χ0v) is 11.4. The van der Waals surface area contributed by atoms with Crippen molar-refractivity contribution in [3.63, 3.8) is 0 Å². The molecule has 22 heavy (non-hydrogen) atoms. The first-order valence-electron chi connectivity index (χ1n) is 6.80. The molecule has 0 aliphatic carbocycles. The van der Waals surface area contributed by atoms with Crippen LogP contribution in [-0.4, -0.2) is 26.3 Å². The van der Waals surface area contributed by atoms with Crippen molar-refractivity contribution in [1.29, 1.82) is 0 Å². The summed E-state index contributed by atoms with van der Waals surface area (Å²) < 4.78 is 0. The molecule has 2 aromatic heterocycles. The topological polar surface area (TPSA) is 78.9 Å². The summed E-state index contributed by atoms with van der Waals surface area (Å²) >= 11 is 0. The maximum absolute atomic E-state index is 11.0. The first-order valence-corrected chi connectivity index (χ1v) is 6.80. The van der Waals surface area contributed by atoms with Crippen LogP contribution in [0.1, 0.15) is 10.4 Å². The summed E-state index contributed by atoms with van der Waals surface area (Å²) in [5, 5.41) is 18.1. The van der Waals surface area contributed by atoms with Crippen molar-refractivity contribution in [3.8, 4) is 11.4 Å². The van der Waals surface area contributed by atoms with Crippen LogP contribution in [-0.2, 0) is 0 Å². The molecule has 4 aromatic rings. The van der Waals surface area contributed by atoms with Gasteiger partial charge in [-0.3, -0.25) is 5.10 Å². The number of carboxylic acid groups (broad SMARTS) is 1. The highest BCUT2D eigenvalue weighted by atomic mass is 16.4. The minimum Gasteiger partial charge on any atom is -0.478 e. The van der Waals surface area contributed by atoms with E-state index in [2.05, 4.69) is 15.2 Å². The van der Waals surface area contributed by atoms with Gasteiger partial charge in [0.1, 0.15) is 5.69 Å². The third-order valence-electron chi connectivity index (χ3n) is 3.65. The fraction of sp³-hybridized carbons (Fsp3) is 0. The molecular weight excluding hydrogens is 278 g/mol. The molecule has 2 aromatic carbocycles. The van der Waals surface area contributed by atoms with Gasteiger partial charge in [0, 0.05) is 10.8 Å². The van der Waals surface area contributed by atoms with Crippen LogP contribution in [0, 0.1) is 0 Å². The Morgan fingerprint density at radius 3 is 2.77 bits per heavy atom. The molecule has 2 N–H and O–H groups in total. The number of hydrogen-bond acceptors (Lipinski definition) is 3. The van der Waals surface area contributed by atoms with E-state index in [9.17, 15) is 4.79 Å². The zero-order valence-electron chi connectivity index (χ0n) is 11.4. The van der Waals surface area contributed by atoms with Gasteiger partial charge in [-0.1, -0.05) is 24.3 Å². The van der Waals surface area contributed by atoms with Gasteiger partial charge in [0.05, 0.1) is 22.3 Å². The second-order valence-electron chi connectivity index (χ2n) is 5.03. The van der Waals surface area contributed by atoms with E-state index >= 15 is 0 Å². The number of carbonyl (C=O) groups is 1. The molecular formula is C17H11N3O2. The maximum Gasteiger partial charge on any atom is 0.335 e. The number of benzene rings is 2. The van der Waals surface area contributed by atoms with Crippen LogP contribution >= 0.6 is 0 Å². The predicted molar refractivity (Wildman–Crippen MR) is 83.8 cm³/mol. The Morgan fingerprint density at radius 1 is 1.05 bits per heavy atom. The number of aromatic amines is 1. The monoisotopic (exact) mass is 289 g/mol. The number of aromatic carboxylic acids is 1. The molecule has 5 heteroatoms. The summed E-state index contributed by atoms with van der Waals surface area (Å²) in [6, 6.07) is 16.7. The minimum absolute atomic E-state index is 0.231. The molecule has 0 amide bonds. The number of nitrogens with one attached hydrogen (secondary N) is 1. The number of hydrogen-bond donors (Lipinski definition) is 2. The highest BCUT2D eigenvalue weighted by molar-refractivity contribution is 5.98. The van der Waals surface area contributed by atoms with Gasteiger partial charge in [-0.25, -0.2) is 9.78 Å². The molecule has 0 aliphatic rings. The standard InChI is InChI=1S/C17H11N3O2/c21-17(22)11-5-7-12-15(9-11)19-20-16(12)14-8-6-10-3-1-2-4-13(10)18-14/h1-9H,(H,19,20)(H,21,22). The number of H-pyrrole nitrogens is 1. The molecule has 0 saturated heterocycles. The van der Waals surface area contributed by atoms with Crippen molar-refractivity contribution in [2.45, 2.75) is 0 Å². The molecule has 0 saturated carbocycles. The number of carboxylic acids is 1. The number of pyridine rings is 1. The summed E-state index contributed by atoms with van der Waals surface area (Å²) in [5.41, 5.74) is 3.29. The van der Waals surface area contributed by atoms with Gasteiger partial charge in [-0.2, -0.15) is 5.10 Å². The molecule has 106 valence electrons. The van der Waals surface area contributed by atoms with Crippen molar-refractivity contribution in [2.24, 2.45) is 0 Å². The van der Waals surface area contributed by atoms with Crippen molar-refractivity contribution >= 4 is 27.8 Å². The van der Waals surface area contributed by atoms with Crippen LogP contribution in [0.4, 0.5) is 0 Å². The second-order valence-corrected chi connectivity index (χ2v) is 5.03. The van der Waals surface area contributed by atoms with Gasteiger partial charge in [0.2, 0.25) is 0 Å². The zero-order chi connectivity index (χ0) is 15.1. The van der Waals surface area contributed by atoms with Crippen LogP contribution in [0.15, 0.2) is 54.6 Å². The number of para-hydroxylation sites is 1. The molecule has 0 fully saturated rings. The summed E-state index contributed by atoms with van der Waals surface area (Å²) in [5.74, 6) is -0.957. The van der Waals surface area contributed by atoms with Crippen molar-refractivity contribution in [1.82, 2.24) is 15.2 Å². The molecule has 0 aliphatic heterocycles. The summed E-state index contributed by atoms with van der Waals surface area (Å²) in [6.45, 7) is 0. The van der Waals surface area contributed by atoms with Crippen LogP contribution in [0.5, 0.6) is 0 Å². The smallest absolute Gasteiger partial charge is 0.335 e. The number of nitrogens with zero attached hydrogens (tertiary/aromatic N) is 2. The van der Waals surface area contributed by atoms with Crippen molar-refractivity contribution in [2.75, 3.05) is 0 Å². The van der Waals surface area contributed by atoms with Gasteiger partial charge < -0.3 is 5.11 Å². The Labute approximate surface area is 125 Å². The van der Waals surface area contributed by atoms with Crippen LogP contribution < -0.4 is 0 Å². The first kappa shape index (κ1) is 12.5. The van der Waals surface area contributed by atoms with Gasteiger partial charge in [-0.05, 0) is 30.3 Å². The molecule has 0 spiro atoms. The van der Waals surface area contributed by atoms with Crippen LogP contribution in [0.25, 0.3) is 33.2 Å². The fourth-order valence-electron chi connectivity index (χ4n) is 2.55. The van der Waals surface area contributed by atoms with Gasteiger partial charge >= 0.3 is 5.97 Å². The highest BCUT2D eigenvalue weighted by Gasteiger charge is 2.12.